The molecule has 1 saturated heterocycles. The van der Waals surface area contributed by atoms with Gasteiger partial charge in [0.05, 0.1) is 12.1 Å². The summed E-state index contributed by atoms with van der Waals surface area (Å²) in [6.07, 6.45) is 2.29. The van der Waals surface area contributed by atoms with E-state index >= 15 is 0 Å². The maximum absolute atomic E-state index is 13.0. The lowest BCUT2D eigenvalue weighted by atomic mass is 10.00. The van der Waals surface area contributed by atoms with Gasteiger partial charge in [-0.2, -0.15) is 0 Å². The lowest BCUT2D eigenvalue weighted by molar-refractivity contribution is 0.103. The van der Waals surface area contributed by atoms with E-state index in [-0.39, 0.29) is 11.9 Å². The van der Waals surface area contributed by atoms with Gasteiger partial charge in [-0.1, -0.05) is 12.1 Å². The van der Waals surface area contributed by atoms with Crippen LogP contribution >= 0.6 is 11.3 Å². The van der Waals surface area contributed by atoms with Crippen LogP contribution in [0.5, 0.6) is 0 Å². The first-order valence-corrected chi connectivity index (χ1v) is 8.85. The van der Waals surface area contributed by atoms with Gasteiger partial charge in [0.25, 0.3) is 0 Å². The summed E-state index contributed by atoms with van der Waals surface area (Å²) in [5, 5.41) is 20.9. The van der Waals surface area contributed by atoms with Gasteiger partial charge in [-0.15, -0.1) is 21.5 Å². The van der Waals surface area contributed by atoms with Crippen molar-refractivity contribution in [2.24, 2.45) is 0 Å². The second-order valence-corrected chi connectivity index (χ2v) is 7.39. The number of aryl methyl sites for hydroxylation is 1. The molecule has 1 fully saturated rings. The lowest BCUT2D eigenvalue weighted by Crippen LogP contribution is -2.33. The molecule has 23 heavy (non-hydrogen) atoms. The van der Waals surface area contributed by atoms with E-state index in [9.17, 15) is 9.50 Å². The van der Waals surface area contributed by atoms with Crippen molar-refractivity contribution < 1.29 is 9.50 Å². The van der Waals surface area contributed by atoms with Crippen LogP contribution in [0.4, 0.5) is 4.39 Å². The fourth-order valence-electron chi connectivity index (χ4n) is 3.32. The topological polar surface area (TPSA) is 49.2 Å². The predicted molar refractivity (Wildman–Crippen MR) is 88.8 cm³/mol. The molecule has 4 nitrogen and oxygen atoms in total. The van der Waals surface area contributed by atoms with Gasteiger partial charge in [-0.25, -0.2) is 4.39 Å². The SMILES string of the molecule is Cc1nnc([C@H](C)N2CCC[C@@H]2C[C@H](O)c2ccc(F)cc2)s1. The number of likely N-dealkylation sites (tertiary alicyclic amines) is 1. The van der Waals surface area contributed by atoms with Gasteiger partial charge in [-0.05, 0) is 57.4 Å². The van der Waals surface area contributed by atoms with E-state index in [1.54, 1.807) is 23.5 Å². The van der Waals surface area contributed by atoms with Crippen molar-refractivity contribution in [2.45, 2.75) is 51.3 Å². The van der Waals surface area contributed by atoms with E-state index in [0.29, 0.717) is 12.5 Å². The van der Waals surface area contributed by atoms with Crippen molar-refractivity contribution in [3.8, 4) is 0 Å². The molecule has 0 radical (unpaired) electrons. The quantitative estimate of drug-likeness (QED) is 0.906. The zero-order valence-electron chi connectivity index (χ0n) is 13.4. The third kappa shape index (κ3) is 3.76. The minimum Gasteiger partial charge on any atom is -0.388 e. The van der Waals surface area contributed by atoms with Crippen LogP contribution in [0.2, 0.25) is 0 Å². The van der Waals surface area contributed by atoms with Gasteiger partial charge >= 0.3 is 0 Å². The van der Waals surface area contributed by atoms with Gasteiger partial charge < -0.3 is 5.11 Å². The van der Waals surface area contributed by atoms with Crippen molar-refractivity contribution in [1.29, 1.82) is 0 Å². The summed E-state index contributed by atoms with van der Waals surface area (Å²) in [5.74, 6) is -0.274. The molecule has 0 spiro atoms. The molecule has 2 aromatic rings. The molecular formula is C17H22FN3OS. The average Bonchev–Trinajstić information content (AvgIpc) is 3.16. The fraction of sp³-hybridized carbons (Fsp3) is 0.529. The second kappa shape index (κ2) is 7.03. The minimum atomic E-state index is -0.565. The Balaban J connectivity index is 1.67. The first-order chi connectivity index (χ1) is 11.0. The van der Waals surface area contributed by atoms with Gasteiger partial charge in [0, 0.05) is 6.04 Å². The number of benzene rings is 1. The third-order valence-electron chi connectivity index (χ3n) is 4.57. The Morgan fingerprint density at radius 3 is 2.74 bits per heavy atom. The molecule has 0 unspecified atom stereocenters. The van der Waals surface area contributed by atoms with Crippen molar-refractivity contribution >= 4 is 11.3 Å². The summed E-state index contributed by atoms with van der Waals surface area (Å²) in [5.41, 5.74) is 0.776. The number of aromatic nitrogens is 2. The van der Waals surface area contributed by atoms with E-state index in [2.05, 4.69) is 22.0 Å². The number of halogens is 1. The van der Waals surface area contributed by atoms with Gasteiger partial charge in [0.2, 0.25) is 0 Å². The number of nitrogens with zero attached hydrogens (tertiary/aromatic N) is 3. The van der Waals surface area contributed by atoms with Crippen LogP contribution < -0.4 is 0 Å². The first kappa shape index (κ1) is 16.5. The second-order valence-electron chi connectivity index (χ2n) is 6.17. The molecule has 1 N–H and O–H groups in total. The third-order valence-corrected chi connectivity index (χ3v) is 5.58. The number of rotatable bonds is 5. The molecule has 0 saturated carbocycles. The van der Waals surface area contributed by atoms with Gasteiger partial charge in [0.1, 0.15) is 15.8 Å². The average molecular weight is 335 g/mol. The van der Waals surface area contributed by atoms with Crippen molar-refractivity contribution in [2.75, 3.05) is 6.54 Å². The maximum atomic E-state index is 13.0. The first-order valence-electron chi connectivity index (χ1n) is 8.04. The van der Waals surface area contributed by atoms with Crippen LogP contribution in [-0.4, -0.2) is 32.8 Å². The van der Waals surface area contributed by atoms with Crippen molar-refractivity contribution in [1.82, 2.24) is 15.1 Å². The highest BCUT2D eigenvalue weighted by Gasteiger charge is 2.32. The highest BCUT2D eigenvalue weighted by atomic mass is 32.1. The largest absolute Gasteiger partial charge is 0.388 e. The molecule has 0 amide bonds. The van der Waals surface area contributed by atoms with E-state index in [4.69, 9.17) is 0 Å². The molecule has 6 heteroatoms. The Labute approximate surface area is 140 Å². The summed E-state index contributed by atoms with van der Waals surface area (Å²) in [7, 11) is 0. The molecule has 1 aromatic heterocycles. The molecular weight excluding hydrogens is 313 g/mol. The van der Waals surface area contributed by atoms with E-state index < -0.39 is 6.10 Å². The fourth-order valence-corrected chi connectivity index (χ4v) is 4.09. The van der Waals surface area contributed by atoms with Gasteiger partial charge in [-0.3, -0.25) is 4.90 Å². The molecule has 124 valence electrons. The van der Waals surface area contributed by atoms with E-state index in [1.165, 1.54) is 12.1 Å². The molecule has 0 aliphatic carbocycles. The number of aliphatic hydroxyl groups is 1. The molecule has 1 aromatic carbocycles. The van der Waals surface area contributed by atoms with E-state index in [0.717, 1.165) is 35.0 Å². The zero-order valence-corrected chi connectivity index (χ0v) is 14.3. The number of aliphatic hydroxyl groups excluding tert-OH is 1. The van der Waals surface area contributed by atoms with Gasteiger partial charge in [0.15, 0.2) is 0 Å². The Morgan fingerprint density at radius 2 is 2.09 bits per heavy atom. The monoisotopic (exact) mass is 335 g/mol. The Morgan fingerprint density at radius 1 is 1.35 bits per heavy atom. The van der Waals surface area contributed by atoms with Crippen LogP contribution in [-0.2, 0) is 0 Å². The summed E-state index contributed by atoms with van der Waals surface area (Å²) in [6, 6.07) is 6.66. The molecule has 1 aliphatic heterocycles. The number of hydrogen-bond donors (Lipinski definition) is 1. The minimum absolute atomic E-state index is 0.217. The van der Waals surface area contributed by atoms with Crippen LogP contribution in [0, 0.1) is 12.7 Å². The van der Waals surface area contributed by atoms with Crippen LogP contribution in [0.1, 0.15) is 53.9 Å². The lowest BCUT2D eigenvalue weighted by Gasteiger charge is -2.30. The van der Waals surface area contributed by atoms with Crippen LogP contribution in [0.15, 0.2) is 24.3 Å². The molecule has 3 atom stereocenters. The maximum Gasteiger partial charge on any atom is 0.134 e. The summed E-state index contributed by atoms with van der Waals surface area (Å²) in [4.78, 5) is 2.41. The van der Waals surface area contributed by atoms with E-state index in [1.807, 2.05) is 6.92 Å². The molecule has 1 aliphatic rings. The standard InChI is InChI=1S/C17H22FN3OS/c1-11(17-20-19-12(2)23-17)21-9-3-4-15(21)10-16(22)13-5-7-14(18)8-6-13/h5-8,11,15-16,22H,3-4,9-10H2,1-2H3/t11-,15+,16-/m0/s1. The molecule has 3 rings (SSSR count). The van der Waals surface area contributed by atoms with Crippen molar-refractivity contribution in [3.63, 3.8) is 0 Å². The van der Waals surface area contributed by atoms with Crippen molar-refractivity contribution in [3.05, 3.63) is 45.7 Å². The highest BCUT2D eigenvalue weighted by Crippen LogP contribution is 2.34. The molecule has 0 bridgehead atoms. The zero-order chi connectivity index (χ0) is 16.4. The molecule has 2 heterocycles. The Kier molecular flexibility index (Phi) is 5.04. The van der Waals surface area contributed by atoms with Crippen LogP contribution in [0.25, 0.3) is 0 Å². The normalized spacial score (nSPS) is 21.5. The summed E-state index contributed by atoms with van der Waals surface area (Å²) < 4.78 is 13.0. The highest BCUT2D eigenvalue weighted by molar-refractivity contribution is 7.11. The predicted octanol–water partition coefficient (Wildman–Crippen LogP) is 3.63. The number of hydrogen-bond acceptors (Lipinski definition) is 5. The summed E-state index contributed by atoms with van der Waals surface area (Å²) in [6.45, 7) is 5.14. The van der Waals surface area contributed by atoms with Crippen LogP contribution in [0.3, 0.4) is 0 Å². The smallest absolute Gasteiger partial charge is 0.134 e. The Bertz CT molecular complexity index is 646. The Hall–Kier alpha value is -1.37. The summed E-state index contributed by atoms with van der Waals surface area (Å²) >= 11 is 1.63.